The van der Waals surface area contributed by atoms with Gasteiger partial charge in [0.15, 0.2) is 0 Å². The van der Waals surface area contributed by atoms with Crippen molar-refractivity contribution in [2.45, 2.75) is 38.9 Å². The number of likely N-dealkylation sites (tertiary alicyclic amines) is 1. The van der Waals surface area contributed by atoms with Crippen LogP contribution in [0.3, 0.4) is 0 Å². The molecule has 142 valence electrons. The average molecular weight is 357 g/mol. The van der Waals surface area contributed by atoms with Crippen molar-refractivity contribution in [3.63, 3.8) is 0 Å². The maximum absolute atomic E-state index is 12.7. The van der Waals surface area contributed by atoms with Crippen LogP contribution in [0.1, 0.15) is 26.3 Å². The second-order valence-corrected chi connectivity index (χ2v) is 9.21. The summed E-state index contributed by atoms with van der Waals surface area (Å²) in [6.07, 6.45) is 0. The zero-order valence-electron chi connectivity index (χ0n) is 16.3. The summed E-state index contributed by atoms with van der Waals surface area (Å²) in [5.74, 6) is 0.271. The molecule has 3 saturated heterocycles. The Morgan fingerprint density at radius 1 is 1.19 bits per heavy atom. The van der Waals surface area contributed by atoms with E-state index in [0.717, 1.165) is 52.5 Å². The molecule has 3 heterocycles. The number of carbonyl (C=O) groups excluding carboxylic acids is 1. The molecule has 0 unspecified atom stereocenters. The summed E-state index contributed by atoms with van der Waals surface area (Å²) in [5, 5.41) is 0. The van der Waals surface area contributed by atoms with Crippen molar-refractivity contribution in [2.75, 3.05) is 45.9 Å². The van der Waals surface area contributed by atoms with Gasteiger partial charge < -0.3 is 9.64 Å². The lowest BCUT2D eigenvalue weighted by atomic mass is 9.80. The summed E-state index contributed by atoms with van der Waals surface area (Å²) < 4.78 is 5.78. The van der Waals surface area contributed by atoms with Crippen molar-refractivity contribution in [2.24, 2.45) is 5.41 Å². The maximum Gasteiger partial charge on any atom is 0.228 e. The molecule has 1 spiro atoms. The first-order valence-electron chi connectivity index (χ1n) is 9.78. The van der Waals surface area contributed by atoms with E-state index in [1.54, 1.807) is 0 Å². The van der Waals surface area contributed by atoms with Gasteiger partial charge in [0.05, 0.1) is 18.8 Å². The predicted molar refractivity (Wildman–Crippen MR) is 102 cm³/mol. The third kappa shape index (κ3) is 3.28. The highest BCUT2D eigenvalue weighted by Gasteiger charge is 2.56. The van der Waals surface area contributed by atoms with Crippen LogP contribution in [0.25, 0.3) is 0 Å². The van der Waals surface area contributed by atoms with E-state index in [4.69, 9.17) is 4.74 Å². The van der Waals surface area contributed by atoms with Crippen LogP contribution in [0.15, 0.2) is 30.3 Å². The van der Waals surface area contributed by atoms with E-state index in [2.05, 4.69) is 45.0 Å². The van der Waals surface area contributed by atoms with Crippen LogP contribution in [0.2, 0.25) is 0 Å². The molecule has 3 aliphatic rings. The molecule has 3 fully saturated rings. The van der Waals surface area contributed by atoms with Crippen molar-refractivity contribution in [1.29, 1.82) is 0 Å². The van der Waals surface area contributed by atoms with E-state index in [0.29, 0.717) is 6.04 Å². The minimum absolute atomic E-state index is 0.0996. The van der Waals surface area contributed by atoms with Gasteiger partial charge in [-0.1, -0.05) is 51.1 Å². The molecule has 5 heteroatoms. The fraction of sp³-hybridized carbons (Fsp3) is 0.667. The summed E-state index contributed by atoms with van der Waals surface area (Å²) >= 11 is 0. The van der Waals surface area contributed by atoms with E-state index in [1.807, 2.05) is 20.8 Å². The van der Waals surface area contributed by atoms with E-state index in [9.17, 15) is 4.79 Å². The Kier molecular flexibility index (Phi) is 4.58. The van der Waals surface area contributed by atoms with Crippen molar-refractivity contribution < 1.29 is 9.53 Å². The average Bonchev–Trinajstić information content (AvgIpc) is 2.58. The molecule has 26 heavy (non-hydrogen) atoms. The second kappa shape index (κ2) is 6.63. The number of carbonyl (C=O) groups is 1. The van der Waals surface area contributed by atoms with Gasteiger partial charge in [-0.2, -0.15) is 0 Å². The highest BCUT2D eigenvalue weighted by Crippen LogP contribution is 2.37. The Bertz CT molecular complexity index is 649. The predicted octanol–water partition coefficient (Wildman–Crippen LogP) is 1.83. The minimum atomic E-state index is -0.301. The Morgan fingerprint density at radius 3 is 2.62 bits per heavy atom. The zero-order chi connectivity index (χ0) is 18.4. The van der Waals surface area contributed by atoms with E-state index in [-0.39, 0.29) is 16.9 Å². The lowest BCUT2D eigenvalue weighted by molar-refractivity contribution is -0.182. The molecular formula is C21H31N3O2. The van der Waals surface area contributed by atoms with Crippen molar-refractivity contribution >= 4 is 5.91 Å². The normalized spacial score (nSPS) is 26.4. The molecule has 1 aromatic rings. The number of hydrogen-bond donors (Lipinski definition) is 0. The summed E-state index contributed by atoms with van der Waals surface area (Å²) in [6, 6.07) is 11.1. The first kappa shape index (κ1) is 18.0. The summed E-state index contributed by atoms with van der Waals surface area (Å²) in [7, 11) is 0. The summed E-state index contributed by atoms with van der Waals surface area (Å²) in [4.78, 5) is 19.9. The molecule has 0 bridgehead atoms. The molecule has 1 atom stereocenters. The van der Waals surface area contributed by atoms with E-state index in [1.165, 1.54) is 5.56 Å². The summed E-state index contributed by atoms with van der Waals surface area (Å²) in [5.41, 5.74) is 1.15. The molecule has 0 saturated carbocycles. The number of benzene rings is 1. The van der Waals surface area contributed by atoms with Crippen molar-refractivity contribution in [3.8, 4) is 0 Å². The van der Waals surface area contributed by atoms with Gasteiger partial charge >= 0.3 is 0 Å². The van der Waals surface area contributed by atoms with Gasteiger partial charge in [0.25, 0.3) is 0 Å². The monoisotopic (exact) mass is 357 g/mol. The van der Waals surface area contributed by atoms with Crippen LogP contribution in [-0.2, 0) is 16.1 Å². The second-order valence-electron chi connectivity index (χ2n) is 9.21. The van der Waals surface area contributed by atoms with Gasteiger partial charge in [0, 0.05) is 50.7 Å². The molecule has 1 aromatic carbocycles. The molecular weight excluding hydrogens is 326 g/mol. The number of ether oxygens (including phenoxy) is 1. The quantitative estimate of drug-likeness (QED) is 0.809. The topological polar surface area (TPSA) is 36.0 Å². The molecule has 4 rings (SSSR count). The number of hydrogen-bond acceptors (Lipinski definition) is 4. The van der Waals surface area contributed by atoms with Crippen LogP contribution in [0.4, 0.5) is 0 Å². The molecule has 5 nitrogen and oxygen atoms in total. The smallest absolute Gasteiger partial charge is 0.228 e. The van der Waals surface area contributed by atoms with Gasteiger partial charge in [-0.25, -0.2) is 0 Å². The molecule has 0 N–H and O–H groups in total. The Hall–Kier alpha value is -1.43. The molecule has 0 aromatic heterocycles. The van der Waals surface area contributed by atoms with E-state index < -0.39 is 0 Å². The highest BCUT2D eigenvalue weighted by atomic mass is 16.5. The van der Waals surface area contributed by atoms with Gasteiger partial charge in [0.1, 0.15) is 0 Å². The third-order valence-corrected chi connectivity index (χ3v) is 5.97. The minimum Gasteiger partial charge on any atom is -0.378 e. The number of amides is 1. The van der Waals surface area contributed by atoms with E-state index >= 15 is 0 Å². The van der Waals surface area contributed by atoms with Crippen LogP contribution in [-0.4, -0.2) is 78.1 Å². The van der Waals surface area contributed by atoms with Gasteiger partial charge in [-0.05, 0) is 5.56 Å². The number of rotatable bonds is 2. The molecule has 0 aliphatic carbocycles. The van der Waals surface area contributed by atoms with Crippen LogP contribution >= 0.6 is 0 Å². The lowest BCUT2D eigenvalue weighted by Crippen LogP contribution is -2.81. The number of fused-ring (bicyclic) bond motifs is 2. The first-order chi connectivity index (χ1) is 12.4. The van der Waals surface area contributed by atoms with Gasteiger partial charge in [-0.3, -0.25) is 14.6 Å². The summed E-state index contributed by atoms with van der Waals surface area (Å²) in [6.45, 7) is 13.4. The maximum atomic E-state index is 12.7. The third-order valence-electron chi connectivity index (χ3n) is 5.97. The van der Waals surface area contributed by atoms with Crippen molar-refractivity contribution in [1.82, 2.24) is 14.7 Å². The number of nitrogens with zero attached hydrogens (tertiary/aromatic N) is 3. The van der Waals surface area contributed by atoms with Gasteiger partial charge in [-0.15, -0.1) is 0 Å². The first-order valence-corrected chi connectivity index (χ1v) is 9.78. The Morgan fingerprint density at radius 2 is 1.92 bits per heavy atom. The van der Waals surface area contributed by atoms with Crippen LogP contribution < -0.4 is 0 Å². The standard InChI is InChI=1S/C21H31N3O2/c1-20(2,3)19(25)23-15-21(16-23)14-22(11-17-7-5-4-6-8-17)12-18-13-26-10-9-24(18)21/h4-8,18H,9-16H2,1-3H3/t18-/m1/s1. The molecule has 3 aliphatic heterocycles. The Labute approximate surface area is 156 Å². The van der Waals surface area contributed by atoms with Crippen molar-refractivity contribution in [3.05, 3.63) is 35.9 Å². The lowest BCUT2D eigenvalue weighted by Gasteiger charge is -2.63. The van der Waals surface area contributed by atoms with Crippen LogP contribution in [0, 0.1) is 5.41 Å². The van der Waals surface area contributed by atoms with Gasteiger partial charge in [0.2, 0.25) is 5.91 Å². The number of piperazine rings is 1. The fourth-order valence-electron chi connectivity index (χ4n) is 4.83. The highest BCUT2D eigenvalue weighted by molar-refractivity contribution is 5.82. The SMILES string of the molecule is CC(C)(C)C(=O)N1CC2(CN(Cc3ccccc3)C[C@@H]3COCCN32)C1. The van der Waals surface area contributed by atoms with Crippen LogP contribution in [0.5, 0.6) is 0 Å². The Balaban J connectivity index is 1.50. The molecule has 0 radical (unpaired) electrons. The largest absolute Gasteiger partial charge is 0.378 e. The number of morpholine rings is 1. The zero-order valence-corrected chi connectivity index (χ0v) is 16.3. The fourth-order valence-corrected chi connectivity index (χ4v) is 4.83. The molecule has 1 amide bonds.